The van der Waals surface area contributed by atoms with Crippen LogP contribution in [0.4, 0.5) is 17.1 Å². The molecular weight excluding hydrogens is 703 g/mol. The van der Waals surface area contributed by atoms with E-state index in [0.29, 0.717) is 0 Å². The smallest absolute Gasteiger partial charge is 0.0786 e. The minimum atomic E-state index is -0.398. The zero-order chi connectivity index (χ0) is 40.8. The molecule has 7 rings (SSSR count). The Morgan fingerprint density at radius 1 is 0.810 bits per heavy atom. The lowest BCUT2D eigenvalue weighted by Gasteiger charge is -2.43. The van der Waals surface area contributed by atoms with Crippen molar-refractivity contribution >= 4 is 29.2 Å². The molecule has 1 aromatic heterocycles. The van der Waals surface area contributed by atoms with Crippen LogP contribution < -0.4 is 9.80 Å². The summed E-state index contributed by atoms with van der Waals surface area (Å²) in [6.45, 7) is 26.7. The van der Waals surface area contributed by atoms with Crippen LogP contribution in [0.25, 0.3) is 45.7 Å². The summed E-state index contributed by atoms with van der Waals surface area (Å²) in [5, 5.41) is 0. The van der Waals surface area contributed by atoms with Gasteiger partial charge in [-0.25, -0.2) is 0 Å². The van der Waals surface area contributed by atoms with Crippen LogP contribution in [-0.2, 0) is 5.41 Å². The van der Waals surface area contributed by atoms with Gasteiger partial charge in [0.05, 0.1) is 17.1 Å². The Kier molecular flexibility index (Phi) is 11.7. The molecule has 2 aromatic carbocycles. The normalized spacial score (nSPS) is 17.6. The highest BCUT2D eigenvalue weighted by Crippen LogP contribution is 2.53. The maximum atomic E-state index is 4.99. The van der Waals surface area contributed by atoms with Gasteiger partial charge in [0, 0.05) is 46.4 Å². The quantitative estimate of drug-likeness (QED) is 0.105. The number of anilines is 3. The molecular formula is C55H53N3. The third kappa shape index (κ3) is 7.32. The van der Waals surface area contributed by atoms with E-state index in [-0.39, 0.29) is 0 Å². The molecule has 0 saturated carbocycles. The highest BCUT2D eigenvalue weighted by atomic mass is 15.2. The van der Waals surface area contributed by atoms with E-state index in [4.69, 9.17) is 4.98 Å². The third-order valence-electron chi connectivity index (χ3n) is 11.5. The Hall–Kier alpha value is -6.71. The van der Waals surface area contributed by atoms with Crippen molar-refractivity contribution in [3.8, 4) is 33.5 Å². The minimum absolute atomic E-state index is 0.398. The lowest BCUT2D eigenvalue weighted by Crippen LogP contribution is -2.33. The number of hydrogen-bond acceptors (Lipinski definition) is 3. The fourth-order valence-corrected chi connectivity index (χ4v) is 8.46. The molecule has 2 bridgehead atoms. The standard InChI is InChI=1S/C55H53N3/c1-9-14-15-18-24-41-25-19-16-17-20-36-57(39(41)6)45-32-34-52-50(38-45)55(7,8)49-37-43(31-33-51(49)58(52)44(12-4)23-10-2)53-46(13-5)40(11-3)29-30-42-26-21-27-48(53)54-47(42)28-22-35-56-54/h9-14,16-24,26-35,37-38H,2-5,15,25,36H2,1,6-8H3/b14-9-,19-16-,20-17-,24-18-,30-29?,40-29?,41-39-,42-30?,44-23+,46-40?,53-46?,53-48?. The van der Waals surface area contributed by atoms with Gasteiger partial charge in [0.1, 0.15) is 0 Å². The topological polar surface area (TPSA) is 19.4 Å². The molecule has 3 heterocycles. The zero-order valence-electron chi connectivity index (χ0n) is 34.4. The van der Waals surface area contributed by atoms with Gasteiger partial charge < -0.3 is 9.80 Å². The fraction of sp³-hybridized carbons (Fsp3) is 0.145. The predicted molar refractivity (Wildman–Crippen MR) is 253 cm³/mol. The molecule has 2 aliphatic carbocycles. The highest BCUT2D eigenvalue weighted by molar-refractivity contribution is 5.96. The van der Waals surface area contributed by atoms with E-state index in [2.05, 4.69) is 185 Å². The Balaban J connectivity index is 1.48. The van der Waals surface area contributed by atoms with E-state index in [1.165, 1.54) is 22.4 Å². The minimum Gasteiger partial charge on any atom is -0.341 e. The predicted octanol–water partition coefficient (Wildman–Crippen LogP) is 15.0. The van der Waals surface area contributed by atoms with Crippen molar-refractivity contribution in [1.82, 2.24) is 4.98 Å². The number of nitrogens with zero attached hydrogens (tertiary/aromatic N) is 3. The van der Waals surface area contributed by atoms with E-state index in [9.17, 15) is 0 Å². The van der Waals surface area contributed by atoms with Crippen LogP contribution in [0, 0.1) is 0 Å². The van der Waals surface area contributed by atoms with Crippen molar-refractivity contribution < 1.29 is 0 Å². The van der Waals surface area contributed by atoms with Crippen molar-refractivity contribution in [2.24, 2.45) is 0 Å². The fourth-order valence-electron chi connectivity index (χ4n) is 8.46. The highest BCUT2D eigenvalue weighted by Gasteiger charge is 2.38. The maximum Gasteiger partial charge on any atom is 0.0786 e. The summed E-state index contributed by atoms with van der Waals surface area (Å²) >= 11 is 0. The van der Waals surface area contributed by atoms with Crippen molar-refractivity contribution in [1.29, 1.82) is 0 Å². The maximum absolute atomic E-state index is 4.99. The van der Waals surface area contributed by atoms with E-state index >= 15 is 0 Å². The summed E-state index contributed by atoms with van der Waals surface area (Å²) in [5.41, 5.74) is 17.2. The van der Waals surface area contributed by atoms with Crippen LogP contribution >= 0.6 is 0 Å². The largest absolute Gasteiger partial charge is 0.341 e. The van der Waals surface area contributed by atoms with Crippen LogP contribution in [0.1, 0.15) is 62.8 Å². The average Bonchev–Trinajstić information content (AvgIpc) is 3.33. The number of benzene rings is 2. The first kappa shape index (κ1) is 39.5. The number of allylic oxidation sites excluding steroid dienone is 12. The second-order valence-electron chi connectivity index (χ2n) is 15.2. The van der Waals surface area contributed by atoms with Crippen molar-refractivity contribution in [2.45, 2.75) is 46.0 Å². The van der Waals surface area contributed by atoms with Gasteiger partial charge in [0.2, 0.25) is 0 Å². The second-order valence-corrected chi connectivity index (χ2v) is 15.2. The summed E-state index contributed by atoms with van der Waals surface area (Å²) in [4.78, 5) is 9.77. The van der Waals surface area contributed by atoms with Crippen molar-refractivity contribution in [3.63, 3.8) is 0 Å². The molecule has 0 fully saturated rings. The third-order valence-corrected chi connectivity index (χ3v) is 11.5. The molecule has 0 radical (unpaired) electrons. The molecule has 0 amide bonds. The van der Waals surface area contributed by atoms with Gasteiger partial charge in [-0.15, -0.1) is 0 Å². The van der Waals surface area contributed by atoms with Gasteiger partial charge in [0.25, 0.3) is 0 Å². The van der Waals surface area contributed by atoms with E-state index in [0.717, 1.165) is 86.8 Å². The summed E-state index contributed by atoms with van der Waals surface area (Å²) in [7, 11) is 0. The van der Waals surface area contributed by atoms with Crippen LogP contribution in [0.5, 0.6) is 0 Å². The van der Waals surface area contributed by atoms with Crippen LogP contribution in [0.3, 0.4) is 0 Å². The molecule has 3 heteroatoms. The van der Waals surface area contributed by atoms with Gasteiger partial charge in [-0.3, -0.25) is 4.98 Å². The molecule has 288 valence electrons. The van der Waals surface area contributed by atoms with Crippen LogP contribution in [-0.4, -0.2) is 11.5 Å². The molecule has 0 atom stereocenters. The number of fused-ring (bicyclic) bond motifs is 2. The second kappa shape index (κ2) is 17.2. The first-order valence-corrected chi connectivity index (χ1v) is 20.1. The molecule has 0 spiro atoms. The first-order valence-electron chi connectivity index (χ1n) is 20.1. The Bertz CT molecular complexity index is 2560. The van der Waals surface area contributed by atoms with E-state index in [1.54, 1.807) is 0 Å². The molecule has 0 N–H and O–H groups in total. The molecule has 3 nitrogen and oxygen atoms in total. The monoisotopic (exact) mass is 755 g/mol. The molecule has 2 aliphatic heterocycles. The van der Waals surface area contributed by atoms with Crippen LogP contribution in [0.15, 0.2) is 195 Å². The van der Waals surface area contributed by atoms with Crippen molar-refractivity contribution in [3.05, 3.63) is 217 Å². The first-order chi connectivity index (χ1) is 28.3. The molecule has 3 aromatic rings. The summed E-state index contributed by atoms with van der Waals surface area (Å²) < 4.78 is 0. The number of rotatable bonds is 10. The average molecular weight is 756 g/mol. The van der Waals surface area contributed by atoms with Gasteiger partial charge in [-0.1, -0.05) is 149 Å². The van der Waals surface area contributed by atoms with Gasteiger partial charge >= 0.3 is 0 Å². The molecule has 4 aliphatic rings. The molecule has 58 heavy (non-hydrogen) atoms. The lowest BCUT2D eigenvalue weighted by atomic mass is 9.72. The number of hydrogen-bond donors (Lipinski definition) is 0. The van der Waals surface area contributed by atoms with Crippen LogP contribution in [0.2, 0.25) is 0 Å². The lowest BCUT2D eigenvalue weighted by molar-refractivity contribution is 0.630. The van der Waals surface area contributed by atoms with Gasteiger partial charge in [0.15, 0.2) is 0 Å². The number of aromatic nitrogens is 1. The summed E-state index contributed by atoms with van der Waals surface area (Å²) in [6, 6.07) is 28.8. The van der Waals surface area contributed by atoms with Gasteiger partial charge in [-0.05, 0) is 120 Å². The Morgan fingerprint density at radius 3 is 2.33 bits per heavy atom. The summed E-state index contributed by atoms with van der Waals surface area (Å²) in [6.07, 6.45) is 31.0. The number of pyridine rings is 1. The zero-order valence-corrected chi connectivity index (χ0v) is 34.4. The molecule has 0 unspecified atom stereocenters. The molecule has 0 saturated heterocycles. The van der Waals surface area contributed by atoms with Gasteiger partial charge in [-0.2, -0.15) is 0 Å². The van der Waals surface area contributed by atoms with Crippen molar-refractivity contribution in [2.75, 3.05) is 16.3 Å². The Labute approximate surface area is 346 Å². The summed E-state index contributed by atoms with van der Waals surface area (Å²) in [5.74, 6) is 0. The SMILES string of the molecule is C=C/C=C(\C=C)N1c2ccc(-c3c4cccc(ccc(C=C)c3C=C)-c3cccnc3-4)cc2C(C)(C)c2cc(N3C/C=C\C=C/CC(/C=C\C/C=C\C)=C\3C)ccc21. The Morgan fingerprint density at radius 2 is 1.57 bits per heavy atom. The van der Waals surface area contributed by atoms with E-state index in [1.807, 2.05) is 42.6 Å². The van der Waals surface area contributed by atoms with E-state index < -0.39 is 5.41 Å².